The Hall–Kier alpha value is -2.18. The molecule has 0 saturated heterocycles. The minimum atomic E-state index is -1.04. The Morgan fingerprint density at radius 2 is 2.33 bits per heavy atom. The molecule has 0 bridgehead atoms. The average molecular weight is 207 g/mol. The van der Waals surface area contributed by atoms with Gasteiger partial charge in [0.1, 0.15) is 6.33 Å². The van der Waals surface area contributed by atoms with Crippen molar-refractivity contribution < 1.29 is 9.90 Å². The molecule has 0 aliphatic rings. The molecule has 15 heavy (non-hydrogen) atoms. The molecule has 0 aliphatic heterocycles. The highest BCUT2D eigenvalue weighted by Crippen LogP contribution is 2.00. The Labute approximate surface area is 85.0 Å². The molecule has 0 fully saturated rings. The summed E-state index contributed by atoms with van der Waals surface area (Å²) >= 11 is 0. The molecule has 2 aromatic rings. The van der Waals surface area contributed by atoms with E-state index in [2.05, 4.69) is 15.2 Å². The third-order valence-electron chi connectivity index (χ3n) is 1.98. The Kier molecular flexibility index (Phi) is 2.20. The van der Waals surface area contributed by atoms with E-state index >= 15 is 0 Å². The Balaban J connectivity index is 2.18. The smallest absolute Gasteiger partial charge is 0.356 e. The fraction of sp³-hybridized carbons (Fsp3) is 0.250. The summed E-state index contributed by atoms with van der Waals surface area (Å²) in [5.41, 5.74) is 0.0252. The number of hydrogen-bond acceptors (Lipinski definition) is 4. The number of carboxylic acids is 1. The number of carboxylic acid groups (broad SMARTS) is 1. The molecule has 0 unspecified atom stereocenters. The van der Waals surface area contributed by atoms with Gasteiger partial charge < -0.3 is 14.2 Å². The number of carbonyl (C=O) groups is 1. The van der Waals surface area contributed by atoms with Gasteiger partial charge in [-0.15, -0.1) is 10.2 Å². The van der Waals surface area contributed by atoms with Crippen LogP contribution in [0.1, 0.15) is 16.3 Å². The van der Waals surface area contributed by atoms with E-state index in [1.807, 2.05) is 7.05 Å². The van der Waals surface area contributed by atoms with Gasteiger partial charge in [-0.2, -0.15) is 0 Å². The lowest BCUT2D eigenvalue weighted by Crippen LogP contribution is -2.04. The SMILES string of the molecule is Cn1cnnc1Cn1cnc(C(=O)O)c1. The zero-order valence-corrected chi connectivity index (χ0v) is 8.03. The molecule has 0 radical (unpaired) electrons. The summed E-state index contributed by atoms with van der Waals surface area (Å²) in [6.07, 6.45) is 4.50. The van der Waals surface area contributed by atoms with Crippen LogP contribution in [0.4, 0.5) is 0 Å². The Morgan fingerprint density at radius 1 is 1.53 bits per heavy atom. The van der Waals surface area contributed by atoms with Crippen molar-refractivity contribution in [3.05, 3.63) is 30.4 Å². The second-order valence-corrected chi connectivity index (χ2v) is 3.09. The number of rotatable bonds is 3. The topological polar surface area (TPSA) is 85.8 Å². The molecule has 7 heteroatoms. The number of imidazole rings is 1. The highest BCUT2D eigenvalue weighted by atomic mass is 16.4. The molecular formula is C8H9N5O2. The molecule has 0 aromatic carbocycles. The average Bonchev–Trinajstić information content (AvgIpc) is 2.77. The fourth-order valence-corrected chi connectivity index (χ4v) is 1.17. The molecule has 0 atom stereocenters. The molecule has 7 nitrogen and oxygen atoms in total. The van der Waals surface area contributed by atoms with Gasteiger partial charge in [-0.25, -0.2) is 9.78 Å². The van der Waals surface area contributed by atoms with Crippen molar-refractivity contribution in [1.82, 2.24) is 24.3 Å². The van der Waals surface area contributed by atoms with Gasteiger partial charge in [0.05, 0.1) is 12.9 Å². The van der Waals surface area contributed by atoms with Gasteiger partial charge in [0.2, 0.25) is 0 Å². The molecule has 2 rings (SSSR count). The van der Waals surface area contributed by atoms with Crippen LogP contribution >= 0.6 is 0 Å². The summed E-state index contributed by atoms with van der Waals surface area (Å²) in [6.45, 7) is 0.455. The van der Waals surface area contributed by atoms with E-state index in [0.29, 0.717) is 6.54 Å². The van der Waals surface area contributed by atoms with Gasteiger partial charge in [-0.3, -0.25) is 0 Å². The summed E-state index contributed by atoms with van der Waals surface area (Å²) in [5, 5.41) is 16.3. The molecular weight excluding hydrogens is 198 g/mol. The van der Waals surface area contributed by atoms with Gasteiger partial charge in [0.25, 0.3) is 0 Å². The van der Waals surface area contributed by atoms with Crippen molar-refractivity contribution in [2.24, 2.45) is 7.05 Å². The zero-order chi connectivity index (χ0) is 10.8. The Morgan fingerprint density at radius 3 is 2.87 bits per heavy atom. The van der Waals surface area contributed by atoms with Crippen LogP contribution in [-0.2, 0) is 13.6 Å². The predicted molar refractivity (Wildman–Crippen MR) is 49.3 cm³/mol. The number of aromatic nitrogens is 5. The van der Waals surface area contributed by atoms with Crippen molar-refractivity contribution in [3.63, 3.8) is 0 Å². The number of aryl methyl sites for hydroxylation is 1. The van der Waals surface area contributed by atoms with E-state index in [-0.39, 0.29) is 5.69 Å². The maximum atomic E-state index is 10.6. The number of aromatic carboxylic acids is 1. The van der Waals surface area contributed by atoms with Crippen LogP contribution < -0.4 is 0 Å². The van der Waals surface area contributed by atoms with E-state index in [4.69, 9.17) is 5.11 Å². The Bertz CT molecular complexity index is 487. The van der Waals surface area contributed by atoms with E-state index in [9.17, 15) is 4.79 Å². The van der Waals surface area contributed by atoms with E-state index < -0.39 is 5.97 Å². The van der Waals surface area contributed by atoms with Crippen LogP contribution in [0.15, 0.2) is 18.9 Å². The highest BCUT2D eigenvalue weighted by molar-refractivity contribution is 5.84. The van der Waals surface area contributed by atoms with Crippen molar-refractivity contribution in [2.45, 2.75) is 6.54 Å². The van der Waals surface area contributed by atoms with E-state index in [1.165, 1.54) is 12.5 Å². The lowest BCUT2D eigenvalue weighted by Gasteiger charge is -1.99. The lowest BCUT2D eigenvalue weighted by atomic mass is 10.5. The van der Waals surface area contributed by atoms with Gasteiger partial charge in [0.15, 0.2) is 11.5 Å². The first-order valence-corrected chi connectivity index (χ1v) is 4.25. The molecule has 2 heterocycles. The van der Waals surface area contributed by atoms with Gasteiger partial charge >= 0.3 is 5.97 Å². The summed E-state index contributed by atoms with van der Waals surface area (Å²) in [4.78, 5) is 14.3. The third kappa shape index (κ3) is 1.85. The maximum absolute atomic E-state index is 10.6. The van der Waals surface area contributed by atoms with Crippen molar-refractivity contribution in [1.29, 1.82) is 0 Å². The molecule has 2 aromatic heterocycles. The summed E-state index contributed by atoms with van der Waals surface area (Å²) in [5.74, 6) is -0.295. The first kappa shape index (κ1) is 9.38. The van der Waals surface area contributed by atoms with Crippen LogP contribution in [0.3, 0.4) is 0 Å². The molecule has 0 saturated carbocycles. The monoisotopic (exact) mass is 207 g/mol. The van der Waals surface area contributed by atoms with Crippen molar-refractivity contribution in [3.8, 4) is 0 Å². The first-order valence-electron chi connectivity index (χ1n) is 4.25. The fourth-order valence-electron chi connectivity index (χ4n) is 1.17. The van der Waals surface area contributed by atoms with Crippen molar-refractivity contribution in [2.75, 3.05) is 0 Å². The predicted octanol–water partition coefficient (Wildman–Crippen LogP) is -0.242. The van der Waals surface area contributed by atoms with Crippen LogP contribution in [0.25, 0.3) is 0 Å². The second kappa shape index (κ2) is 3.52. The molecule has 78 valence electrons. The third-order valence-corrected chi connectivity index (χ3v) is 1.98. The number of nitrogens with zero attached hydrogens (tertiary/aromatic N) is 5. The quantitative estimate of drug-likeness (QED) is 0.750. The normalized spacial score (nSPS) is 10.5. The zero-order valence-electron chi connectivity index (χ0n) is 8.03. The minimum Gasteiger partial charge on any atom is -0.476 e. The summed E-state index contributed by atoms with van der Waals surface area (Å²) < 4.78 is 3.41. The minimum absolute atomic E-state index is 0.0252. The standard InChI is InChI=1S/C8H9N5O2/c1-12-5-10-11-7(12)3-13-2-6(8(14)15)9-4-13/h2,4-5H,3H2,1H3,(H,14,15). The van der Waals surface area contributed by atoms with E-state index in [0.717, 1.165) is 5.82 Å². The van der Waals surface area contributed by atoms with Crippen LogP contribution in [0, 0.1) is 0 Å². The number of hydrogen-bond donors (Lipinski definition) is 1. The summed E-state index contributed by atoms with van der Waals surface area (Å²) in [6, 6.07) is 0. The van der Waals surface area contributed by atoms with Crippen LogP contribution in [-0.4, -0.2) is 35.4 Å². The first-order chi connectivity index (χ1) is 7.16. The van der Waals surface area contributed by atoms with E-state index in [1.54, 1.807) is 15.5 Å². The molecule has 0 amide bonds. The van der Waals surface area contributed by atoms with Crippen LogP contribution in [0.2, 0.25) is 0 Å². The second-order valence-electron chi connectivity index (χ2n) is 3.09. The van der Waals surface area contributed by atoms with Gasteiger partial charge in [-0.05, 0) is 0 Å². The molecule has 0 spiro atoms. The highest BCUT2D eigenvalue weighted by Gasteiger charge is 2.08. The lowest BCUT2D eigenvalue weighted by molar-refractivity contribution is 0.0691. The van der Waals surface area contributed by atoms with Gasteiger partial charge in [-0.1, -0.05) is 0 Å². The summed E-state index contributed by atoms with van der Waals surface area (Å²) in [7, 11) is 1.82. The van der Waals surface area contributed by atoms with Gasteiger partial charge in [0, 0.05) is 13.2 Å². The molecule has 0 aliphatic carbocycles. The maximum Gasteiger partial charge on any atom is 0.356 e. The van der Waals surface area contributed by atoms with Crippen LogP contribution in [0.5, 0.6) is 0 Å². The largest absolute Gasteiger partial charge is 0.476 e. The van der Waals surface area contributed by atoms with Crippen molar-refractivity contribution >= 4 is 5.97 Å². The molecule has 1 N–H and O–H groups in total.